The number of aromatic nitrogens is 7. The van der Waals surface area contributed by atoms with Gasteiger partial charge in [-0.3, -0.25) is 14.1 Å². The summed E-state index contributed by atoms with van der Waals surface area (Å²) in [5.41, 5.74) is 5.92. The zero-order valence-corrected chi connectivity index (χ0v) is 18.2. The molecule has 0 atom stereocenters. The number of H-pyrrole nitrogens is 1. The minimum atomic E-state index is 0.0520. The lowest BCUT2D eigenvalue weighted by Crippen LogP contribution is -2.26. The van der Waals surface area contributed by atoms with Gasteiger partial charge in [-0.25, -0.2) is 4.79 Å². The smallest absolute Gasteiger partial charge is 0.296 e. The summed E-state index contributed by atoms with van der Waals surface area (Å²) in [4.78, 5) is 17.7. The van der Waals surface area contributed by atoms with E-state index in [-0.39, 0.29) is 5.69 Å². The molecule has 0 amide bonds. The van der Waals surface area contributed by atoms with Crippen molar-refractivity contribution in [1.29, 1.82) is 0 Å². The van der Waals surface area contributed by atoms with Gasteiger partial charge in [0, 0.05) is 35.3 Å². The number of nitrogens with zero attached hydrogens (tertiary/aromatic N) is 6. The van der Waals surface area contributed by atoms with E-state index in [9.17, 15) is 4.79 Å². The number of benzene rings is 1. The summed E-state index contributed by atoms with van der Waals surface area (Å²) in [6.07, 6.45) is 4.65. The highest BCUT2D eigenvalue weighted by atomic mass is 16.1. The molecule has 0 bridgehead atoms. The van der Waals surface area contributed by atoms with Crippen LogP contribution in [0.3, 0.4) is 0 Å². The fraction of sp³-hybridized carbons (Fsp3) is 0.348. The van der Waals surface area contributed by atoms with Crippen LogP contribution in [0, 0.1) is 6.92 Å². The number of aromatic amines is 1. The topological polar surface area (TPSA) is 94.3 Å². The Hall–Kier alpha value is -3.55. The Bertz CT molecular complexity index is 1200. The Labute approximate surface area is 181 Å². The minimum absolute atomic E-state index is 0.0520. The van der Waals surface area contributed by atoms with Gasteiger partial charge >= 0.3 is 5.69 Å². The fourth-order valence-electron chi connectivity index (χ4n) is 4.00. The first kappa shape index (κ1) is 20.7. The largest absolute Gasteiger partial charge is 0.328 e. The van der Waals surface area contributed by atoms with Gasteiger partial charge in [-0.15, -0.1) is 10.2 Å². The highest BCUT2D eigenvalue weighted by Gasteiger charge is 2.17. The standard InChI is InChI=1S/C23H27N7O/c1-4-8-21-16(3)29(13-5-2)23(31)30(21)15-18-12-11-17(14-24-18)19-9-6-7-10-20(19)22-25-27-28-26-22/h6-7,9-12,14H,4-5,8,13,15H2,1-3H3,(H,25,26,27,28). The predicted octanol–water partition coefficient (Wildman–Crippen LogP) is 3.61. The number of tetrazole rings is 1. The molecule has 4 aromatic rings. The molecular formula is C23H27N7O. The molecule has 160 valence electrons. The zero-order chi connectivity index (χ0) is 21.8. The summed E-state index contributed by atoms with van der Waals surface area (Å²) in [6, 6.07) is 11.9. The number of pyridine rings is 1. The van der Waals surface area contributed by atoms with Gasteiger partial charge in [-0.2, -0.15) is 5.21 Å². The Balaban J connectivity index is 1.66. The number of imidazole rings is 1. The van der Waals surface area contributed by atoms with Crippen molar-refractivity contribution in [3.05, 3.63) is 70.2 Å². The van der Waals surface area contributed by atoms with Crippen LogP contribution in [0.15, 0.2) is 47.4 Å². The Morgan fingerprint density at radius 2 is 1.81 bits per heavy atom. The molecule has 0 unspecified atom stereocenters. The van der Waals surface area contributed by atoms with Crippen LogP contribution in [0.2, 0.25) is 0 Å². The molecule has 0 aliphatic carbocycles. The average Bonchev–Trinajstić information content (AvgIpc) is 3.40. The van der Waals surface area contributed by atoms with Crippen molar-refractivity contribution in [1.82, 2.24) is 34.7 Å². The Kier molecular flexibility index (Phi) is 6.06. The van der Waals surface area contributed by atoms with Crippen molar-refractivity contribution in [2.75, 3.05) is 0 Å². The molecule has 3 heterocycles. The average molecular weight is 418 g/mol. The van der Waals surface area contributed by atoms with Gasteiger partial charge in [0.2, 0.25) is 5.82 Å². The Morgan fingerprint density at radius 3 is 2.45 bits per heavy atom. The third-order valence-corrected chi connectivity index (χ3v) is 5.51. The molecule has 0 aliphatic heterocycles. The highest BCUT2D eigenvalue weighted by molar-refractivity contribution is 5.79. The molecule has 3 aromatic heterocycles. The van der Waals surface area contributed by atoms with Gasteiger partial charge < -0.3 is 0 Å². The summed E-state index contributed by atoms with van der Waals surface area (Å²) in [7, 11) is 0. The van der Waals surface area contributed by atoms with Gasteiger partial charge in [0.1, 0.15) is 0 Å². The molecule has 1 aromatic carbocycles. The van der Waals surface area contributed by atoms with Gasteiger partial charge in [-0.1, -0.05) is 50.6 Å². The van der Waals surface area contributed by atoms with Crippen molar-refractivity contribution in [3.63, 3.8) is 0 Å². The van der Waals surface area contributed by atoms with E-state index in [0.717, 1.165) is 59.6 Å². The van der Waals surface area contributed by atoms with E-state index in [1.165, 1.54) is 0 Å². The first-order valence-electron chi connectivity index (χ1n) is 10.7. The van der Waals surface area contributed by atoms with E-state index in [2.05, 4.69) is 39.5 Å². The van der Waals surface area contributed by atoms with Crippen molar-refractivity contribution in [2.45, 2.75) is 53.1 Å². The van der Waals surface area contributed by atoms with Crippen LogP contribution in [0.25, 0.3) is 22.5 Å². The first-order valence-corrected chi connectivity index (χ1v) is 10.7. The SMILES string of the molecule is CCCc1c(C)n(CCC)c(=O)n1Cc1ccc(-c2ccccc2-c2nn[nH]n2)cn1. The van der Waals surface area contributed by atoms with Crippen LogP contribution in [-0.2, 0) is 19.5 Å². The van der Waals surface area contributed by atoms with Crippen LogP contribution in [-0.4, -0.2) is 34.7 Å². The van der Waals surface area contributed by atoms with E-state index in [1.54, 1.807) is 0 Å². The molecule has 0 spiro atoms. The second kappa shape index (κ2) is 9.07. The van der Waals surface area contributed by atoms with E-state index in [1.807, 2.05) is 58.7 Å². The molecule has 8 heteroatoms. The van der Waals surface area contributed by atoms with Crippen LogP contribution in [0.1, 0.15) is 43.8 Å². The lowest BCUT2D eigenvalue weighted by atomic mass is 10.0. The minimum Gasteiger partial charge on any atom is -0.296 e. The molecule has 0 saturated carbocycles. The van der Waals surface area contributed by atoms with E-state index < -0.39 is 0 Å². The first-order chi connectivity index (χ1) is 15.1. The van der Waals surface area contributed by atoms with Crippen molar-refractivity contribution in [2.24, 2.45) is 0 Å². The summed E-state index contributed by atoms with van der Waals surface area (Å²) < 4.78 is 3.77. The second-order valence-electron chi connectivity index (χ2n) is 7.62. The second-order valence-corrected chi connectivity index (χ2v) is 7.62. The maximum Gasteiger partial charge on any atom is 0.328 e. The summed E-state index contributed by atoms with van der Waals surface area (Å²) in [5, 5.41) is 14.4. The van der Waals surface area contributed by atoms with E-state index in [0.29, 0.717) is 12.4 Å². The van der Waals surface area contributed by atoms with Crippen LogP contribution < -0.4 is 5.69 Å². The maximum atomic E-state index is 13.0. The lowest BCUT2D eigenvalue weighted by molar-refractivity contribution is 0.609. The third-order valence-electron chi connectivity index (χ3n) is 5.51. The van der Waals surface area contributed by atoms with Crippen molar-refractivity contribution in [3.8, 4) is 22.5 Å². The zero-order valence-electron chi connectivity index (χ0n) is 18.2. The number of nitrogens with one attached hydrogen (secondary N) is 1. The molecule has 4 rings (SSSR count). The number of hydrogen-bond donors (Lipinski definition) is 1. The molecule has 8 nitrogen and oxygen atoms in total. The molecule has 0 fully saturated rings. The molecule has 0 saturated heterocycles. The van der Waals surface area contributed by atoms with Crippen LogP contribution in [0.5, 0.6) is 0 Å². The molecule has 1 N–H and O–H groups in total. The maximum absolute atomic E-state index is 13.0. The van der Waals surface area contributed by atoms with Crippen molar-refractivity contribution < 1.29 is 0 Å². The summed E-state index contributed by atoms with van der Waals surface area (Å²) >= 11 is 0. The Morgan fingerprint density at radius 1 is 1.00 bits per heavy atom. The van der Waals surface area contributed by atoms with Gasteiger partial charge in [0.25, 0.3) is 0 Å². The number of hydrogen-bond acceptors (Lipinski definition) is 5. The third kappa shape index (κ3) is 4.05. The van der Waals surface area contributed by atoms with Crippen LogP contribution in [0.4, 0.5) is 0 Å². The highest BCUT2D eigenvalue weighted by Crippen LogP contribution is 2.29. The molecule has 31 heavy (non-hydrogen) atoms. The normalized spacial score (nSPS) is 11.2. The number of rotatable bonds is 8. The van der Waals surface area contributed by atoms with E-state index in [4.69, 9.17) is 0 Å². The lowest BCUT2D eigenvalue weighted by Gasteiger charge is -2.09. The predicted molar refractivity (Wildman–Crippen MR) is 120 cm³/mol. The van der Waals surface area contributed by atoms with Gasteiger partial charge in [-0.05, 0) is 36.6 Å². The summed E-state index contributed by atoms with van der Waals surface area (Å²) in [6.45, 7) is 7.49. The monoisotopic (exact) mass is 417 g/mol. The van der Waals surface area contributed by atoms with Crippen LogP contribution >= 0.6 is 0 Å². The van der Waals surface area contributed by atoms with E-state index >= 15 is 0 Å². The van der Waals surface area contributed by atoms with Gasteiger partial charge in [0.15, 0.2) is 0 Å². The van der Waals surface area contributed by atoms with Crippen molar-refractivity contribution >= 4 is 0 Å². The fourth-order valence-corrected chi connectivity index (χ4v) is 4.00. The molecular weight excluding hydrogens is 390 g/mol. The molecule has 0 radical (unpaired) electrons. The molecule has 0 aliphatic rings. The summed E-state index contributed by atoms with van der Waals surface area (Å²) in [5.74, 6) is 0.545. The van der Waals surface area contributed by atoms with Gasteiger partial charge in [0.05, 0.1) is 12.2 Å². The quantitative estimate of drug-likeness (QED) is 0.473.